The number of alkyl halides is 6. The molecule has 2 aromatic carbocycles. The number of phenolic OH excluding ortho intramolecular Hbond substituents is 2. The number of nitrogens with one attached hydrogen (secondary N) is 2. The summed E-state index contributed by atoms with van der Waals surface area (Å²) in [6.07, 6.45) is 0.513. The third-order valence-corrected chi connectivity index (χ3v) is 7.25. The van der Waals surface area contributed by atoms with Crippen molar-refractivity contribution in [3.8, 4) is 11.5 Å². The second-order valence-electron chi connectivity index (χ2n) is 10.8. The molecule has 4 bridgehead atoms. The number of hydrogen-bond donors (Lipinski definition) is 4. The van der Waals surface area contributed by atoms with Crippen molar-refractivity contribution in [3.63, 3.8) is 0 Å². The van der Waals surface area contributed by atoms with Crippen LogP contribution in [0, 0.1) is 0 Å². The van der Waals surface area contributed by atoms with Crippen molar-refractivity contribution in [1.29, 1.82) is 0 Å². The lowest BCUT2D eigenvalue weighted by atomic mass is 10.1. The summed E-state index contributed by atoms with van der Waals surface area (Å²) >= 11 is 0. The summed E-state index contributed by atoms with van der Waals surface area (Å²) in [5.41, 5.74) is 4.46. The molecular weight excluding hydrogens is 666 g/mol. The minimum Gasteiger partial charge on any atom is -0.542 e. The van der Waals surface area contributed by atoms with E-state index < -0.39 is 24.3 Å². The number of aryl methyl sites for hydroxylation is 2. The summed E-state index contributed by atoms with van der Waals surface area (Å²) in [5.74, 6) is -5.41. The monoisotopic (exact) mass is 702 g/mol. The van der Waals surface area contributed by atoms with Crippen molar-refractivity contribution in [3.05, 3.63) is 60.9 Å². The largest absolute Gasteiger partial charge is 0.542 e. The fourth-order valence-corrected chi connectivity index (χ4v) is 4.96. The first kappa shape index (κ1) is 40.1. The Morgan fingerprint density at radius 2 is 0.959 bits per heavy atom. The maximum Gasteiger partial charge on any atom is 0.430 e. The third-order valence-electron chi connectivity index (χ3n) is 7.25. The van der Waals surface area contributed by atoms with E-state index in [2.05, 4.69) is 44.3 Å². The van der Waals surface area contributed by atoms with Crippen LogP contribution in [-0.2, 0) is 22.7 Å². The molecule has 0 spiro atoms. The molecule has 4 heterocycles. The number of fused-ring (bicyclic) bond motifs is 12. The van der Waals surface area contributed by atoms with Gasteiger partial charge in [0, 0.05) is 50.2 Å². The molecule has 0 aliphatic carbocycles. The van der Waals surface area contributed by atoms with Crippen molar-refractivity contribution in [2.24, 2.45) is 0 Å². The molecule has 11 nitrogen and oxygen atoms in total. The van der Waals surface area contributed by atoms with Crippen molar-refractivity contribution < 1.29 is 71.0 Å². The van der Waals surface area contributed by atoms with E-state index in [1.807, 2.05) is 24.3 Å². The second-order valence-corrected chi connectivity index (χ2v) is 10.8. The van der Waals surface area contributed by atoms with Crippen molar-refractivity contribution >= 4 is 45.1 Å². The van der Waals surface area contributed by atoms with Gasteiger partial charge in [0.2, 0.25) is 11.0 Å². The van der Waals surface area contributed by atoms with E-state index in [0.717, 1.165) is 97.9 Å². The number of halogens is 6. The molecule has 2 aliphatic heterocycles. The predicted molar refractivity (Wildman–Crippen MR) is 162 cm³/mol. The van der Waals surface area contributed by atoms with Crippen LogP contribution >= 0.6 is 0 Å². The second kappa shape index (κ2) is 17.9. The number of carbonyl (C=O) groups is 2. The normalized spacial score (nSPS) is 14.2. The van der Waals surface area contributed by atoms with Gasteiger partial charge in [-0.1, -0.05) is 0 Å². The number of carbonyl (C=O) groups excluding carboxylic acids is 2. The van der Waals surface area contributed by atoms with E-state index >= 15 is 0 Å². The van der Waals surface area contributed by atoms with Gasteiger partial charge in [0.05, 0.1) is 22.1 Å². The summed E-state index contributed by atoms with van der Waals surface area (Å²) in [5, 5.41) is 47.0. The highest BCUT2D eigenvalue weighted by atomic mass is 19.4. The Morgan fingerprint density at radius 3 is 1.31 bits per heavy atom. The van der Waals surface area contributed by atoms with Crippen LogP contribution in [0.2, 0.25) is 0 Å². The molecule has 0 saturated heterocycles. The van der Waals surface area contributed by atoms with E-state index in [9.17, 15) is 36.6 Å². The van der Waals surface area contributed by atoms with Gasteiger partial charge in [-0.05, 0) is 49.9 Å². The van der Waals surface area contributed by atoms with E-state index in [1.54, 1.807) is 12.1 Å². The number of phenols is 2. The number of carboxylic acid groups (broad SMARTS) is 2. The highest BCUT2D eigenvalue weighted by molar-refractivity contribution is 5.90. The van der Waals surface area contributed by atoms with Gasteiger partial charge in [0.25, 0.3) is 0 Å². The smallest absolute Gasteiger partial charge is 0.430 e. The molecule has 6 rings (SSSR count). The SMILES string of the molecule is O.O=C([O-])C(F)(F)F.O=C([O-])C(F)(F)F.Oc1ccc2c(c1)c1cc[n+]2CCCCC[n+]2ccc(c3cc(O)ccc32)NCCCCCN1. The Hall–Kier alpha value is -5.06. The fourth-order valence-electron chi connectivity index (χ4n) is 4.96. The van der Waals surface area contributed by atoms with Crippen molar-refractivity contribution in [2.45, 2.75) is 64.0 Å². The molecule has 17 heteroatoms. The predicted octanol–water partition coefficient (Wildman–Crippen LogP) is 2.63. The number of nitrogens with zero attached hydrogens (tertiary/aromatic N) is 2. The summed E-state index contributed by atoms with van der Waals surface area (Å²) < 4.78 is 67.7. The van der Waals surface area contributed by atoms with Crippen LogP contribution in [0.1, 0.15) is 38.5 Å². The van der Waals surface area contributed by atoms with Gasteiger partial charge in [-0.25, -0.2) is 0 Å². The molecule has 0 atom stereocenters. The number of aliphatic carboxylic acids is 2. The zero-order valence-electron chi connectivity index (χ0n) is 26.0. The number of rotatable bonds is 0. The fraction of sp³-hybridized carbons (Fsp3) is 0.375. The molecule has 0 fully saturated rings. The molecule has 6 N–H and O–H groups in total. The number of carboxylic acids is 2. The van der Waals surface area contributed by atoms with E-state index in [1.165, 1.54) is 0 Å². The highest BCUT2D eigenvalue weighted by Crippen LogP contribution is 2.26. The number of aromatic hydroxyl groups is 2. The van der Waals surface area contributed by atoms with Gasteiger partial charge in [-0.2, -0.15) is 35.5 Å². The van der Waals surface area contributed by atoms with Crippen LogP contribution in [0.15, 0.2) is 60.9 Å². The maximum atomic E-state index is 10.5. The minimum atomic E-state index is -5.19. The number of hydrogen-bond acceptors (Lipinski definition) is 8. The Balaban J connectivity index is 0.000000470. The maximum absolute atomic E-state index is 10.5. The molecule has 0 unspecified atom stereocenters. The van der Waals surface area contributed by atoms with E-state index in [4.69, 9.17) is 19.8 Å². The number of aromatic nitrogens is 2. The summed E-state index contributed by atoms with van der Waals surface area (Å²) in [7, 11) is 0. The van der Waals surface area contributed by atoms with E-state index in [-0.39, 0.29) is 5.48 Å². The molecule has 0 amide bonds. The molecule has 0 saturated carbocycles. The van der Waals surface area contributed by atoms with Crippen LogP contribution < -0.4 is 30.0 Å². The first-order chi connectivity index (χ1) is 22.6. The topological polar surface area (TPSA) is 184 Å². The zero-order chi connectivity index (χ0) is 35.5. The van der Waals surface area contributed by atoms with Crippen LogP contribution in [0.4, 0.5) is 37.7 Å². The lowest BCUT2D eigenvalue weighted by molar-refractivity contribution is -0.675. The molecular formula is C32H36F6N4O7. The number of anilines is 2. The molecule has 4 aromatic rings. The van der Waals surface area contributed by atoms with Crippen LogP contribution in [0.25, 0.3) is 21.8 Å². The summed E-state index contributed by atoms with van der Waals surface area (Å²) in [6.45, 7) is 3.70. The number of benzene rings is 2. The Bertz CT molecular complexity index is 1590. The Morgan fingerprint density at radius 1 is 0.612 bits per heavy atom. The Labute approximate surface area is 276 Å². The lowest BCUT2D eigenvalue weighted by Gasteiger charge is -2.12. The van der Waals surface area contributed by atoms with E-state index in [0.29, 0.717) is 11.5 Å². The van der Waals surface area contributed by atoms with Gasteiger partial charge >= 0.3 is 12.4 Å². The van der Waals surface area contributed by atoms with Gasteiger partial charge < -0.3 is 46.1 Å². The zero-order valence-corrected chi connectivity index (χ0v) is 26.0. The van der Waals surface area contributed by atoms with Crippen LogP contribution in [0.5, 0.6) is 11.5 Å². The summed E-state index contributed by atoms with van der Waals surface area (Å²) in [6, 6.07) is 15.6. The van der Waals surface area contributed by atoms with Crippen LogP contribution in [0.3, 0.4) is 0 Å². The molecule has 0 radical (unpaired) electrons. The Kier molecular flexibility index (Phi) is 14.7. The quantitative estimate of drug-likeness (QED) is 0.159. The third kappa shape index (κ3) is 12.2. The van der Waals surface area contributed by atoms with Crippen molar-refractivity contribution in [1.82, 2.24) is 0 Å². The minimum absolute atomic E-state index is 0. The molecule has 2 aliphatic rings. The first-order valence-corrected chi connectivity index (χ1v) is 14.9. The molecule has 268 valence electrons. The lowest BCUT2D eigenvalue weighted by Crippen LogP contribution is -2.37. The number of pyridine rings is 2. The molecule has 49 heavy (non-hydrogen) atoms. The average molecular weight is 703 g/mol. The van der Waals surface area contributed by atoms with Crippen molar-refractivity contribution in [2.75, 3.05) is 23.7 Å². The van der Waals surface area contributed by atoms with Gasteiger partial charge in [0.1, 0.15) is 36.5 Å². The molecule has 2 aromatic heterocycles. The highest BCUT2D eigenvalue weighted by Gasteiger charge is 2.29. The van der Waals surface area contributed by atoms with Gasteiger partial charge in [-0.3, -0.25) is 0 Å². The summed E-state index contributed by atoms with van der Waals surface area (Å²) in [4.78, 5) is 17.6. The first-order valence-electron chi connectivity index (χ1n) is 14.9. The van der Waals surface area contributed by atoms with Gasteiger partial charge in [-0.15, -0.1) is 0 Å². The average Bonchev–Trinajstić information content (AvgIpc) is 3.00. The standard InChI is InChI=1S/C28H32N4O2.2C2HF3O2.H2O/c33-21-7-9-27-23(19-21)25-11-17-31(27)15-5-2-6-16-32-18-12-26(30-14-4-1-3-13-29-25)24-20-22(34)8-10-28(24)32;2*3-2(4,5)1(6)7;/h7-12,17-20,33-34H,1-6,13-16H2;2*(H,6,7);1H2. The van der Waals surface area contributed by atoms with Gasteiger partial charge in [0.15, 0.2) is 12.4 Å². The van der Waals surface area contributed by atoms with Crippen LogP contribution in [-0.4, -0.2) is 53.1 Å².